The zero-order valence-electron chi connectivity index (χ0n) is 17.9. The number of aliphatic hydroxyl groups is 1. The van der Waals surface area contributed by atoms with Crippen LogP contribution in [-0.4, -0.2) is 42.6 Å². The number of piperidine rings is 1. The van der Waals surface area contributed by atoms with Crippen molar-refractivity contribution in [3.05, 3.63) is 65.0 Å². The molecule has 0 bridgehead atoms. The lowest BCUT2D eigenvalue weighted by atomic mass is 9.95. The maximum atomic E-state index is 13.4. The molecule has 0 aliphatic carbocycles. The Balaban J connectivity index is 1.63. The Morgan fingerprint density at radius 3 is 2.81 bits per heavy atom. The minimum absolute atomic E-state index is 0.287. The van der Waals surface area contributed by atoms with Gasteiger partial charge in [0.15, 0.2) is 5.84 Å². The van der Waals surface area contributed by atoms with Crippen molar-refractivity contribution in [2.24, 2.45) is 5.16 Å². The van der Waals surface area contributed by atoms with Crippen LogP contribution >= 0.6 is 0 Å². The first-order valence-corrected chi connectivity index (χ1v) is 10.6. The highest BCUT2D eigenvalue weighted by molar-refractivity contribution is 6.03. The fraction of sp³-hybridized carbons (Fsp3) is 0.375. The molecule has 1 unspecified atom stereocenters. The maximum absolute atomic E-state index is 13.4. The summed E-state index contributed by atoms with van der Waals surface area (Å²) in [6.07, 6.45) is 4.86. The smallest absolute Gasteiger partial charge is 0.260 e. The number of benzene rings is 2. The zero-order valence-corrected chi connectivity index (χ0v) is 17.9. The summed E-state index contributed by atoms with van der Waals surface area (Å²) in [5.74, 6) is 1.16. The zero-order chi connectivity index (χ0) is 21.8. The van der Waals surface area contributed by atoms with Gasteiger partial charge >= 0.3 is 0 Å². The second kappa shape index (κ2) is 8.98. The lowest BCUT2D eigenvalue weighted by Gasteiger charge is -2.38. The molecule has 2 aliphatic rings. The predicted octanol–water partition coefficient (Wildman–Crippen LogP) is 4.32. The Morgan fingerprint density at radius 2 is 2.10 bits per heavy atom. The van der Waals surface area contributed by atoms with Crippen molar-refractivity contribution in [1.29, 1.82) is 0 Å². The van der Waals surface area contributed by atoms with Crippen LogP contribution in [0.15, 0.2) is 53.2 Å². The SMILES string of the molecule is CCCNc1ccc(C=C2CCCN3C2=NOC3(CO)c2ccc(F)cc2)cc1OC. The molecule has 1 fully saturated rings. The van der Waals surface area contributed by atoms with Crippen LogP contribution in [0.25, 0.3) is 6.08 Å². The van der Waals surface area contributed by atoms with Gasteiger partial charge in [-0.1, -0.05) is 18.1 Å². The van der Waals surface area contributed by atoms with Crippen molar-refractivity contribution in [3.63, 3.8) is 0 Å². The second-order valence-electron chi connectivity index (χ2n) is 7.77. The van der Waals surface area contributed by atoms with Gasteiger partial charge in [-0.3, -0.25) is 0 Å². The van der Waals surface area contributed by atoms with Crippen LogP contribution in [0.5, 0.6) is 5.75 Å². The number of amidine groups is 1. The summed E-state index contributed by atoms with van der Waals surface area (Å²) < 4.78 is 19.0. The number of halogens is 1. The van der Waals surface area contributed by atoms with Crippen LogP contribution < -0.4 is 10.1 Å². The highest BCUT2D eigenvalue weighted by Crippen LogP contribution is 2.40. The number of ether oxygens (including phenoxy) is 1. The molecule has 7 heteroatoms. The number of nitrogens with zero attached hydrogens (tertiary/aromatic N) is 2. The molecule has 2 N–H and O–H groups in total. The molecule has 1 atom stereocenters. The normalized spacial score (nSPS) is 21.5. The quantitative estimate of drug-likeness (QED) is 0.692. The molecule has 2 aromatic carbocycles. The van der Waals surface area contributed by atoms with Crippen molar-refractivity contribution in [2.45, 2.75) is 31.9 Å². The molecule has 1 saturated heterocycles. The standard InChI is InChI=1S/C24H28FN3O3/c1-3-12-26-21-11-6-17(15-22(21)30-2)14-18-5-4-13-28-23(18)27-31-24(28,16-29)19-7-9-20(25)10-8-19/h6-11,14-15,26,29H,3-5,12-13,16H2,1-2H3. The monoisotopic (exact) mass is 425 g/mol. The van der Waals surface area contributed by atoms with Gasteiger partial charge in [-0.2, -0.15) is 0 Å². The third kappa shape index (κ3) is 3.97. The molecule has 4 rings (SSSR count). The lowest BCUT2D eigenvalue weighted by molar-refractivity contribution is -0.137. The molecular weight excluding hydrogens is 397 g/mol. The van der Waals surface area contributed by atoms with Crippen molar-refractivity contribution in [2.75, 3.05) is 32.1 Å². The van der Waals surface area contributed by atoms with E-state index in [1.54, 1.807) is 19.2 Å². The average Bonchev–Trinajstić information content (AvgIpc) is 3.19. The topological polar surface area (TPSA) is 66.3 Å². The van der Waals surface area contributed by atoms with E-state index in [9.17, 15) is 9.50 Å². The Morgan fingerprint density at radius 1 is 1.29 bits per heavy atom. The van der Waals surface area contributed by atoms with Crippen LogP contribution in [0.4, 0.5) is 10.1 Å². The summed E-state index contributed by atoms with van der Waals surface area (Å²) >= 11 is 0. The molecule has 2 heterocycles. The Kier molecular flexibility index (Phi) is 6.13. The number of hydrogen-bond donors (Lipinski definition) is 2. The third-order valence-corrected chi connectivity index (χ3v) is 5.73. The Bertz CT molecular complexity index is 990. The van der Waals surface area contributed by atoms with Gasteiger partial charge in [0, 0.05) is 18.7 Å². The van der Waals surface area contributed by atoms with Gasteiger partial charge in [0.25, 0.3) is 5.72 Å². The van der Waals surface area contributed by atoms with Gasteiger partial charge < -0.3 is 24.9 Å². The molecule has 2 aromatic rings. The van der Waals surface area contributed by atoms with Gasteiger partial charge in [-0.05, 0) is 72.9 Å². The molecule has 164 valence electrons. The number of fused-ring (bicyclic) bond motifs is 1. The summed E-state index contributed by atoms with van der Waals surface area (Å²) in [5.41, 5.74) is 2.54. The van der Waals surface area contributed by atoms with Crippen molar-refractivity contribution >= 4 is 17.6 Å². The summed E-state index contributed by atoms with van der Waals surface area (Å²) in [4.78, 5) is 7.78. The van der Waals surface area contributed by atoms with E-state index in [4.69, 9.17) is 9.57 Å². The van der Waals surface area contributed by atoms with E-state index in [2.05, 4.69) is 23.5 Å². The second-order valence-corrected chi connectivity index (χ2v) is 7.77. The Labute approximate surface area is 182 Å². The summed E-state index contributed by atoms with van der Waals surface area (Å²) in [6, 6.07) is 12.1. The van der Waals surface area contributed by atoms with Crippen LogP contribution in [0.3, 0.4) is 0 Å². The molecule has 0 saturated carbocycles. The molecule has 0 amide bonds. The largest absolute Gasteiger partial charge is 0.495 e. The van der Waals surface area contributed by atoms with Gasteiger partial charge in [0.05, 0.1) is 12.8 Å². The van der Waals surface area contributed by atoms with Crippen LogP contribution in [0.1, 0.15) is 37.3 Å². The average molecular weight is 426 g/mol. The summed E-state index contributed by atoms with van der Waals surface area (Å²) in [6.45, 7) is 3.41. The number of oxime groups is 1. The number of anilines is 1. The molecule has 6 nitrogen and oxygen atoms in total. The molecule has 0 spiro atoms. The minimum atomic E-state index is -1.13. The number of hydrogen-bond acceptors (Lipinski definition) is 6. The molecule has 0 aromatic heterocycles. The lowest BCUT2D eigenvalue weighted by Crippen LogP contribution is -2.51. The van der Waals surface area contributed by atoms with Crippen LogP contribution in [-0.2, 0) is 10.6 Å². The molecule has 0 radical (unpaired) electrons. The first-order chi connectivity index (χ1) is 15.1. The van der Waals surface area contributed by atoms with E-state index >= 15 is 0 Å². The minimum Gasteiger partial charge on any atom is -0.495 e. The third-order valence-electron chi connectivity index (χ3n) is 5.73. The van der Waals surface area contributed by atoms with Crippen molar-refractivity contribution in [3.8, 4) is 5.75 Å². The highest BCUT2D eigenvalue weighted by Gasteiger charge is 2.49. The number of aliphatic hydroxyl groups excluding tert-OH is 1. The molecule has 2 aliphatic heterocycles. The van der Waals surface area contributed by atoms with Crippen LogP contribution in [0, 0.1) is 5.82 Å². The van der Waals surface area contributed by atoms with E-state index in [0.29, 0.717) is 17.9 Å². The Hall–Kier alpha value is -3.06. The van der Waals surface area contributed by atoms with Gasteiger partial charge in [-0.15, -0.1) is 0 Å². The van der Waals surface area contributed by atoms with Gasteiger partial charge in [-0.25, -0.2) is 4.39 Å². The fourth-order valence-corrected chi connectivity index (χ4v) is 4.11. The van der Waals surface area contributed by atoms with E-state index < -0.39 is 5.72 Å². The van der Waals surface area contributed by atoms with E-state index in [1.807, 2.05) is 23.1 Å². The highest BCUT2D eigenvalue weighted by atomic mass is 19.1. The number of rotatable bonds is 7. The van der Waals surface area contributed by atoms with E-state index in [-0.39, 0.29) is 12.4 Å². The van der Waals surface area contributed by atoms with E-state index in [0.717, 1.165) is 48.4 Å². The summed E-state index contributed by atoms with van der Waals surface area (Å²) in [5, 5.41) is 18.0. The predicted molar refractivity (Wildman–Crippen MR) is 119 cm³/mol. The van der Waals surface area contributed by atoms with Crippen LogP contribution in [0.2, 0.25) is 0 Å². The fourth-order valence-electron chi connectivity index (χ4n) is 4.11. The van der Waals surface area contributed by atoms with Crippen molar-refractivity contribution < 1.29 is 19.1 Å². The number of methoxy groups -OCH3 is 1. The van der Waals surface area contributed by atoms with Crippen molar-refractivity contribution in [1.82, 2.24) is 4.90 Å². The number of nitrogens with one attached hydrogen (secondary N) is 1. The van der Waals surface area contributed by atoms with Gasteiger partial charge in [0.2, 0.25) is 0 Å². The molecular formula is C24H28FN3O3. The van der Waals surface area contributed by atoms with E-state index in [1.165, 1.54) is 12.1 Å². The molecule has 31 heavy (non-hydrogen) atoms. The van der Waals surface area contributed by atoms with Gasteiger partial charge in [0.1, 0.15) is 18.2 Å². The first-order valence-electron chi connectivity index (χ1n) is 10.6. The first kappa shape index (κ1) is 21.2. The summed E-state index contributed by atoms with van der Waals surface area (Å²) in [7, 11) is 1.67. The maximum Gasteiger partial charge on any atom is 0.260 e.